The zero-order chi connectivity index (χ0) is 24.5. The molecular weight excluding hydrogens is 453 g/mol. The van der Waals surface area contributed by atoms with E-state index in [1.165, 1.54) is 12.1 Å². The molecule has 1 heterocycles. The Morgan fingerprint density at radius 1 is 1.06 bits per heavy atom. The molecule has 4 rings (SSSR count). The van der Waals surface area contributed by atoms with Crippen LogP contribution in [0.4, 0.5) is 4.39 Å². The van der Waals surface area contributed by atoms with Gasteiger partial charge in [-0.25, -0.2) is 9.07 Å². The molecular formula is C27H27ClFN3O2. The third-order valence-electron chi connectivity index (χ3n) is 5.57. The number of benzene rings is 3. The van der Waals surface area contributed by atoms with Gasteiger partial charge in [0.15, 0.2) is 0 Å². The van der Waals surface area contributed by atoms with Crippen molar-refractivity contribution < 1.29 is 13.9 Å². The van der Waals surface area contributed by atoms with Gasteiger partial charge in [-0.05, 0) is 67.1 Å². The van der Waals surface area contributed by atoms with Crippen LogP contribution in [0.2, 0.25) is 5.02 Å². The highest BCUT2D eigenvalue weighted by molar-refractivity contribution is 6.30. The summed E-state index contributed by atoms with van der Waals surface area (Å²) in [6, 6.07) is 19.0. The van der Waals surface area contributed by atoms with Crippen LogP contribution < -0.4 is 10.1 Å². The van der Waals surface area contributed by atoms with Gasteiger partial charge in [0, 0.05) is 15.8 Å². The highest BCUT2D eigenvalue weighted by Crippen LogP contribution is 2.30. The minimum absolute atomic E-state index is 0.0569. The summed E-state index contributed by atoms with van der Waals surface area (Å²) in [4.78, 5) is 12.6. The Morgan fingerprint density at radius 2 is 1.74 bits per heavy atom. The first-order chi connectivity index (χ1) is 16.1. The van der Waals surface area contributed by atoms with E-state index in [4.69, 9.17) is 16.3 Å². The van der Waals surface area contributed by atoms with Crippen LogP contribution >= 0.6 is 11.6 Å². The highest BCUT2D eigenvalue weighted by Gasteiger charge is 2.28. The van der Waals surface area contributed by atoms with E-state index in [0.29, 0.717) is 10.8 Å². The number of halogens is 2. The maximum Gasteiger partial charge on any atom is 0.225 e. The molecule has 176 valence electrons. The number of hydrogen-bond acceptors (Lipinski definition) is 3. The summed E-state index contributed by atoms with van der Waals surface area (Å²) < 4.78 is 21.5. The fourth-order valence-electron chi connectivity index (χ4n) is 3.63. The second-order valence-corrected chi connectivity index (χ2v) is 9.79. The van der Waals surface area contributed by atoms with Gasteiger partial charge >= 0.3 is 0 Å². The summed E-state index contributed by atoms with van der Waals surface area (Å²) in [7, 11) is 0. The van der Waals surface area contributed by atoms with Gasteiger partial charge in [-0.2, -0.15) is 5.10 Å². The van der Waals surface area contributed by atoms with Gasteiger partial charge in [-0.1, -0.05) is 44.5 Å². The van der Waals surface area contributed by atoms with Crippen molar-refractivity contribution in [1.29, 1.82) is 0 Å². The lowest BCUT2D eigenvalue weighted by atomic mass is 9.94. The Balaban J connectivity index is 1.63. The predicted octanol–water partition coefficient (Wildman–Crippen LogP) is 6.49. The monoisotopic (exact) mass is 479 g/mol. The molecule has 0 saturated carbocycles. The van der Waals surface area contributed by atoms with Crippen LogP contribution in [0.15, 0.2) is 72.9 Å². The zero-order valence-electron chi connectivity index (χ0n) is 19.5. The maximum absolute atomic E-state index is 13.3. The van der Waals surface area contributed by atoms with E-state index >= 15 is 0 Å². The van der Waals surface area contributed by atoms with E-state index in [2.05, 4.69) is 10.4 Å². The lowest BCUT2D eigenvalue weighted by Gasteiger charge is -2.29. The number of hydrogen-bond donors (Lipinski definition) is 1. The molecule has 0 fully saturated rings. The largest absolute Gasteiger partial charge is 0.484 e. The average molecular weight is 480 g/mol. The highest BCUT2D eigenvalue weighted by atomic mass is 35.5. The molecule has 7 heteroatoms. The van der Waals surface area contributed by atoms with Gasteiger partial charge in [0.1, 0.15) is 17.7 Å². The van der Waals surface area contributed by atoms with Crippen LogP contribution in [0, 0.1) is 11.2 Å². The third kappa shape index (κ3) is 5.23. The summed E-state index contributed by atoms with van der Waals surface area (Å²) in [5.41, 5.74) is 2.01. The quantitative estimate of drug-likeness (QED) is 0.344. The Labute approximate surface area is 203 Å². The fourth-order valence-corrected chi connectivity index (χ4v) is 3.76. The lowest BCUT2D eigenvalue weighted by Crippen LogP contribution is -2.44. The molecule has 0 saturated heterocycles. The van der Waals surface area contributed by atoms with Crippen molar-refractivity contribution in [1.82, 2.24) is 15.1 Å². The predicted molar refractivity (Wildman–Crippen MR) is 133 cm³/mol. The molecule has 0 aliphatic carbocycles. The molecule has 4 aromatic rings. The van der Waals surface area contributed by atoms with E-state index in [0.717, 1.165) is 22.2 Å². The van der Waals surface area contributed by atoms with Crippen molar-refractivity contribution in [2.75, 3.05) is 0 Å². The van der Waals surface area contributed by atoms with Crippen molar-refractivity contribution in [2.24, 2.45) is 5.41 Å². The van der Waals surface area contributed by atoms with Crippen molar-refractivity contribution in [3.8, 4) is 11.4 Å². The van der Waals surface area contributed by atoms with Crippen LogP contribution in [-0.4, -0.2) is 21.7 Å². The van der Waals surface area contributed by atoms with E-state index in [1.54, 1.807) is 23.0 Å². The molecule has 0 spiro atoms. The van der Waals surface area contributed by atoms with Gasteiger partial charge < -0.3 is 10.1 Å². The number of amides is 1. The summed E-state index contributed by atoms with van der Waals surface area (Å²) in [5.74, 6) is 0.290. The van der Waals surface area contributed by atoms with E-state index in [1.807, 2.05) is 70.2 Å². The summed E-state index contributed by atoms with van der Waals surface area (Å²) >= 11 is 6.09. The summed E-state index contributed by atoms with van der Waals surface area (Å²) in [5, 5.41) is 9.03. The molecule has 1 N–H and O–H groups in total. The smallest absolute Gasteiger partial charge is 0.225 e. The number of aromatic nitrogens is 2. The van der Waals surface area contributed by atoms with Gasteiger partial charge in [-0.3, -0.25) is 4.79 Å². The normalized spacial score (nSPS) is 13.5. The molecule has 1 amide bonds. The molecule has 2 atom stereocenters. The fraction of sp³-hybridized carbons (Fsp3) is 0.259. The first kappa shape index (κ1) is 23.8. The molecule has 34 heavy (non-hydrogen) atoms. The average Bonchev–Trinajstić information content (AvgIpc) is 3.21. The van der Waals surface area contributed by atoms with E-state index in [9.17, 15) is 9.18 Å². The summed E-state index contributed by atoms with van der Waals surface area (Å²) in [6.07, 6.45) is 1.31. The van der Waals surface area contributed by atoms with Crippen LogP contribution in [-0.2, 0) is 4.79 Å². The van der Waals surface area contributed by atoms with Crippen LogP contribution in [0.1, 0.15) is 39.4 Å². The van der Waals surface area contributed by atoms with Gasteiger partial charge in [-0.15, -0.1) is 0 Å². The molecule has 0 radical (unpaired) electrons. The van der Waals surface area contributed by atoms with Gasteiger partial charge in [0.05, 0.1) is 23.4 Å². The Hall–Kier alpha value is -3.38. The molecule has 1 unspecified atom stereocenters. The van der Waals surface area contributed by atoms with E-state index < -0.39 is 11.5 Å². The second-order valence-electron chi connectivity index (χ2n) is 9.36. The Kier molecular flexibility index (Phi) is 6.62. The Morgan fingerprint density at radius 3 is 2.38 bits per heavy atom. The molecule has 3 aromatic carbocycles. The summed E-state index contributed by atoms with van der Waals surface area (Å²) in [6.45, 7) is 7.55. The topological polar surface area (TPSA) is 56.1 Å². The standard InChI is InChI=1S/C27H27ClFN3O2/c1-17(31-26(33)27(2,3)4)25(18-5-7-20(28)8-6-18)34-23-13-14-24-19(15-23)16-30-32(24)22-11-9-21(29)10-12-22/h5-17,25H,1-4H3,(H,31,33)/t17-,25?/m0/s1. The second kappa shape index (κ2) is 9.47. The molecule has 1 aromatic heterocycles. The molecule has 0 bridgehead atoms. The Bertz CT molecular complexity index is 1290. The van der Waals surface area contributed by atoms with Crippen molar-refractivity contribution in [3.63, 3.8) is 0 Å². The number of nitrogens with zero attached hydrogens (tertiary/aromatic N) is 2. The first-order valence-corrected chi connectivity index (χ1v) is 11.5. The molecule has 0 aliphatic rings. The number of carbonyl (C=O) groups excluding carboxylic acids is 1. The van der Waals surface area contributed by atoms with Crippen molar-refractivity contribution >= 4 is 28.4 Å². The van der Waals surface area contributed by atoms with E-state index in [-0.39, 0.29) is 17.8 Å². The minimum Gasteiger partial charge on any atom is -0.484 e. The van der Waals surface area contributed by atoms with Gasteiger partial charge in [0.2, 0.25) is 5.91 Å². The third-order valence-corrected chi connectivity index (χ3v) is 5.82. The first-order valence-electron chi connectivity index (χ1n) is 11.1. The number of rotatable bonds is 6. The maximum atomic E-state index is 13.3. The lowest BCUT2D eigenvalue weighted by molar-refractivity contribution is -0.129. The minimum atomic E-state index is -0.521. The number of fused-ring (bicyclic) bond motifs is 1. The molecule has 5 nitrogen and oxygen atoms in total. The number of carbonyl (C=O) groups is 1. The molecule has 0 aliphatic heterocycles. The van der Waals surface area contributed by atoms with Crippen LogP contribution in [0.3, 0.4) is 0 Å². The van der Waals surface area contributed by atoms with Crippen LogP contribution in [0.25, 0.3) is 16.6 Å². The van der Waals surface area contributed by atoms with Crippen LogP contribution in [0.5, 0.6) is 5.75 Å². The SMILES string of the molecule is C[C@H](NC(=O)C(C)(C)C)C(Oc1ccc2c(cnn2-c2ccc(F)cc2)c1)c1ccc(Cl)cc1. The van der Waals surface area contributed by atoms with Crippen molar-refractivity contribution in [3.05, 3.63) is 89.3 Å². The number of nitrogens with one attached hydrogen (secondary N) is 1. The number of ether oxygens (including phenoxy) is 1. The van der Waals surface area contributed by atoms with Crippen molar-refractivity contribution in [2.45, 2.75) is 39.8 Å². The van der Waals surface area contributed by atoms with Gasteiger partial charge in [0.25, 0.3) is 0 Å². The zero-order valence-corrected chi connectivity index (χ0v) is 20.3.